The number of rotatable bonds is 8. The monoisotopic (exact) mass is 511 g/mol. The first kappa shape index (κ1) is 24.3. The molecule has 1 aliphatic heterocycles. The molecule has 9 heteroatoms. The number of carbonyl (C=O) groups excluding carboxylic acids is 2. The minimum Gasteiger partial charge on any atom is -0.392 e. The number of hydrogen-bond donors (Lipinski definition) is 1. The number of hydrogen-bond acceptors (Lipinski definition) is 7. The highest BCUT2D eigenvalue weighted by molar-refractivity contribution is 7.00. The molecule has 37 heavy (non-hydrogen) atoms. The van der Waals surface area contributed by atoms with Gasteiger partial charge >= 0.3 is 0 Å². The van der Waals surface area contributed by atoms with Gasteiger partial charge in [0.25, 0.3) is 0 Å². The smallest absolute Gasteiger partial charge is 0.247 e. The van der Waals surface area contributed by atoms with Crippen LogP contribution in [0, 0.1) is 0 Å². The predicted molar refractivity (Wildman–Crippen MR) is 144 cm³/mol. The first-order valence-electron chi connectivity index (χ1n) is 11.9. The van der Waals surface area contributed by atoms with Crippen LogP contribution in [0.1, 0.15) is 23.5 Å². The summed E-state index contributed by atoms with van der Waals surface area (Å²) in [5, 5.41) is 7.15. The number of nitrogens with one attached hydrogen (secondary N) is 1. The zero-order chi connectivity index (χ0) is 25.6. The normalized spacial score (nSPS) is 16.3. The van der Waals surface area contributed by atoms with Crippen molar-refractivity contribution < 1.29 is 14.4 Å². The Morgan fingerprint density at radius 2 is 1.76 bits per heavy atom. The summed E-state index contributed by atoms with van der Waals surface area (Å²) in [4.78, 5) is 34.7. The van der Waals surface area contributed by atoms with E-state index in [4.69, 9.17) is 4.84 Å². The number of aromatic nitrogens is 2. The number of likely N-dealkylation sites (tertiary alicyclic amines) is 1. The Morgan fingerprint density at radius 1 is 1.05 bits per heavy atom. The van der Waals surface area contributed by atoms with Crippen LogP contribution in [0.2, 0.25) is 0 Å². The van der Waals surface area contributed by atoms with E-state index in [0.717, 1.165) is 22.9 Å². The van der Waals surface area contributed by atoms with E-state index in [1.54, 1.807) is 17.0 Å². The molecule has 1 saturated heterocycles. The SMILES string of the molecule is C=CCON=C1C[C@@H](C(=O)Nc2cccc3nsnc23)N(C(=O)C(c2ccccc2)c2ccccc2)C1. The highest BCUT2D eigenvalue weighted by atomic mass is 32.1. The number of oxime groups is 1. The molecule has 1 atom stereocenters. The fourth-order valence-corrected chi connectivity index (χ4v) is 5.02. The maximum absolute atomic E-state index is 14.2. The third kappa shape index (κ3) is 5.26. The second-order valence-electron chi connectivity index (χ2n) is 8.61. The minimum absolute atomic E-state index is 0.181. The van der Waals surface area contributed by atoms with E-state index in [1.807, 2.05) is 72.8 Å². The fraction of sp³-hybridized carbons (Fsp3) is 0.179. The van der Waals surface area contributed by atoms with Crippen molar-refractivity contribution in [2.75, 3.05) is 18.5 Å². The van der Waals surface area contributed by atoms with Crippen LogP contribution in [0.3, 0.4) is 0 Å². The molecule has 4 aromatic rings. The largest absolute Gasteiger partial charge is 0.392 e. The van der Waals surface area contributed by atoms with Crippen LogP contribution in [0.4, 0.5) is 5.69 Å². The van der Waals surface area contributed by atoms with Crippen LogP contribution < -0.4 is 5.32 Å². The van der Waals surface area contributed by atoms with Gasteiger partial charge in [0.15, 0.2) is 0 Å². The predicted octanol–water partition coefficient (Wildman–Crippen LogP) is 4.62. The molecule has 1 fully saturated rings. The zero-order valence-corrected chi connectivity index (χ0v) is 20.8. The molecule has 0 unspecified atom stereocenters. The third-order valence-electron chi connectivity index (χ3n) is 6.19. The van der Waals surface area contributed by atoms with Crippen molar-refractivity contribution in [2.24, 2.45) is 5.16 Å². The first-order chi connectivity index (χ1) is 18.2. The van der Waals surface area contributed by atoms with E-state index in [0.29, 0.717) is 22.4 Å². The van der Waals surface area contributed by atoms with Crippen molar-refractivity contribution in [3.63, 3.8) is 0 Å². The van der Waals surface area contributed by atoms with Crippen molar-refractivity contribution in [3.8, 4) is 0 Å². The summed E-state index contributed by atoms with van der Waals surface area (Å²) in [5.41, 5.74) is 4.19. The third-order valence-corrected chi connectivity index (χ3v) is 6.73. The molecular formula is C28H25N5O3S. The summed E-state index contributed by atoms with van der Waals surface area (Å²) in [6, 6.07) is 23.8. The molecule has 1 N–H and O–H groups in total. The van der Waals surface area contributed by atoms with Crippen molar-refractivity contribution in [1.29, 1.82) is 0 Å². The van der Waals surface area contributed by atoms with Gasteiger partial charge in [-0.15, -0.1) is 0 Å². The Kier molecular flexibility index (Phi) is 7.32. The van der Waals surface area contributed by atoms with Gasteiger partial charge < -0.3 is 15.1 Å². The highest BCUT2D eigenvalue weighted by Gasteiger charge is 2.41. The molecule has 1 aromatic heterocycles. The van der Waals surface area contributed by atoms with E-state index in [9.17, 15) is 9.59 Å². The molecule has 0 aliphatic carbocycles. The lowest BCUT2D eigenvalue weighted by Crippen LogP contribution is -2.45. The molecule has 0 saturated carbocycles. The van der Waals surface area contributed by atoms with Crippen LogP contribution >= 0.6 is 11.7 Å². The first-order valence-corrected chi connectivity index (χ1v) is 12.6. The standard InChI is InChI=1S/C28H25N5O3S/c1-2-16-36-30-21-17-24(27(34)29-22-14-9-15-23-26(22)32-37-31-23)33(18-21)28(35)25(19-10-5-3-6-11-19)20-12-7-4-8-13-20/h2-15,24-25H,1,16-18H2,(H,29,34)/t24-/m0/s1. The van der Waals surface area contributed by atoms with Gasteiger partial charge in [-0.05, 0) is 23.3 Å². The lowest BCUT2D eigenvalue weighted by atomic mass is 9.90. The van der Waals surface area contributed by atoms with Crippen LogP contribution in [-0.2, 0) is 14.4 Å². The van der Waals surface area contributed by atoms with Gasteiger partial charge in [0.05, 0.1) is 35.6 Å². The van der Waals surface area contributed by atoms with E-state index in [2.05, 4.69) is 25.8 Å². The number of anilines is 1. The Morgan fingerprint density at radius 3 is 2.43 bits per heavy atom. The van der Waals surface area contributed by atoms with Gasteiger partial charge in [-0.25, -0.2) is 0 Å². The fourth-order valence-electron chi connectivity index (χ4n) is 4.48. The van der Waals surface area contributed by atoms with E-state index in [-0.39, 0.29) is 31.4 Å². The van der Waals surface area contributed by atoms with Crippen LogP contribution in [0.5, 0.6) is 0 Å². The van der Waals surface area contributed by atoms with Crippen molar-refractivity contribution in [3.05, 3.63) is 103 Å². The molecule has 3 aromatic carbocycles. The summed E-state index contributed by atoms with van der Waals surface area (Å²) < 4.78 is 8.55. The quantitative estimate of drug-likeness (QED) is 0.212. The summed E-state index contributed by atoms with van der Waals surface area (Å²) in [6.45, 7) is 4.06. The molecule has 0 bridgehead atoms. The minimum atomic E-state index is -0.768. The summed E-state index contributed by atoms with van der Waals surface area (Å²) in [5.74, 6) is -1.07. The molecule has 186 valence electrons. The highest BCUT2D eigenvalue weighted by Crippen LogP contribution is 2.31. The summed E-state index contributed by atoms with van der Waals surface area (Å²) >= 11 is 1.08. The number of benzene rings is 3. The molecule has 1 aliphatic rings. The molecule has 2 amide bonds. The molecule has 2 heterocycles. The number of fused-ring (bicyclic) bond motifs is 1. The Balaban J connectivity index is 1.48. The van der Waals surface area contributed by atoms with Crippen molar-refractivity contribution in [2.45, 2.75) is 18.4 Å². The number of carbonyl (C=O) groups is 2. The van der Waals surface area contributed by atoms with Crippen LogP contribution in [0.25, 0.3) is 11.0 Å². The summed E-state index contributed by atoms with van der Waals surface area (Å²) in [7, 11) is 0. The van der Waals surface area contributed by atoms with Gasteiger partial charge in [0.1, 0.15) is 23.7 Å². The zero-order valence-electron chi connectivity index (χ0n) is 20.0. The average Bonchev–Trinajstić information content (AvgIpc) is 3.58. The number of nitrogens with zero attached hydrogens (tertiary/aromatic N) is 4. The van der Waals surface area contributed by atoms with Gasteiger partial charge in [-0.3, -0.25) is 9.59 Å². The Labute approximate surface area is 218 Å². The molecular weight excluding hydrogens is 486 g/mol. The maximum Gasteiger partial charge on any atom is 0.247 e. The Hall–Kier alpha value is -4.37. The van der Waals surface area contributed by atoms with Gasteiger partial charge in [-0.2, -0.15) is 8.75 Å². The second-order valence-corrected chi connectivity index (χ2v) is 9.14. The molecule has 0 radical (unpaired) electrons. The lowest BCUT2D eigenvalue weighted by Gasteiger charge is -2.28. The molecule has 8 nitrogen and oxygen atoms in total. The Bertz CT molecular complexity index is 1400. The maximum atomic E-state index is 14.2. The van der Waals surface area contributed by atoms with Crippen molar-refractivity contribution in [1.82, 2.24) is 13.6 Å². The van der Waals surface area contributed by atoms with E-state index >= 15 is 0 Å². The molecule has 5 rings (SSSR count). The molecule has 0 spiro atoms. The lowest BCUT2D eigenvalue weighted by molar-refractivity contribution is -0.137. The van der Waals surface area contributed by atoms with Gasteiger partial charge in [0, 0.05) is 6.42 Å². The van der Waals surface area contributed by atoms with Crippen molar-refractivity contribution >= 4 is 46.0 Å². The van der Waals surface area contributed by atoms with E-state index in [1.165, 1.54) is 0 Å². The van der Waals surface area contributed by atoms with Gasteiger partial charge in [0.2, 0.25) is 11.8 Å². The second kappa shape index (κ2) is 11.1. The van der Waals surface area contributed by atoms with Crippen LogP contribution in [0.15, 0.2) is 96.7 Å². The van der Waals surface area contributed by atoms with E-state index < -0.39 is 12.0 Å². The topological polar surface area (TPSA) is 96.8 Å². The van der Waals surface area contributed by atoms with Gasteiger partial charge in [-0.1, -0.05) is 84.5 Å². The summed E-state index contributed by atoms with van der Waals surface area (Å²) in [6.07, 6.45) is 1.85. The van der Waals surface area contributed by atoms with Crippen LogP contribution in [-0.4, -0.2) is 50.4 Å². The average molecular weight is 512 g/mol. The number of amides is 2.